The van der Waals surface area contributed by atoms with Gasteiger partial charge in [0.15, 0.2) is 5.78 Å². The van der Waals surface area contributed by atoms with Gasteiger partial charge in [0.2, 0.25) is 0 Å². The Morgan fingerprint density at radius 3 is 2.36 bits per heavy atom. The first kappa shape index (κ1) is 16.6. The molecular formula is C20H18N2O3. The fraction of sp³-hybridized carbons (Fsp3) is 0.150. The number of aromatic nitrogens is 2. The fourth-order valence-corrected chi connectivity index (χ4v) is 3.03. The average molecular weight is 334 g/mol. The Kier molecular flexibility index (Phi) is 4.48. The summed E-state index contributed by atoms with van der Waals surface area (Å²) in [5.74, 6) is -0.508. The molecule has 126 valence electrons. The number of aromatic amines is 1. The standard InChI is InChI=1S/C20H18N2O3/c1-12-17(13(2)23)19(22-18(12)14-8-10-21-11-9-14)15-6-4-5-7-16(15)20(24)25-3/h4-11,22H,1-3H3. The second-order valence-electron chi connectivity index (χ2n) is 5.70. The lowest BCUT2D eigenvalue weighted by Gasteiger charge is -2.08. The number of Topliss-reactive ketones (excluding diaryl/α,β-unsaturated/α-hetero) is 1. The summed E-state index contributed by atoms with van der Waals surface area (Å²) in [7, 11) is 1.34. The highest BCUT2D eigenvalue weighted by Crippen LogP contribution is 2.35. The number of esters is 1. The minimum absolute atomic E-state index is 0.0660. The van der Waals surface area contributed by atoms with Gasteiger partial charge in [-0.2, -0.15) is 0 Å². The molecule has 5 nitrogen and oxygen atoms in total. The van der Waals surface area contributed by atoms with Crippen molar-refractivity contribution in [2.75, 3.05) is 7.11 Å². The Morgan fingerprint density at radius 2 is 1.72 bits per heavy atom. The Balaban J connectivity index is 2.28. The van der Waals surface area contributed by atoms with Crippen LogP contribution >= 0.6 is 0 Å². The number of hydrogen-bond donors (Lipinski definition) is 1. The Morgan fingerprint density at radius 1 is 1.04 bits per heavy atom. The quantitative estimate of drug-likeness (QED) is 0.577. The molecule has 0 spiro atoms. The van der Waals surface area contributed by atoms with Crippen LogP contribution in [0.25, 0.3) is 22.5 Å². The van der Waals surface area contributed by atoms with Gasteiger partial charge in [0.25, 0.3) is 0 Å². The lowest BCUT2D eigenvalue weighted by molar-refractivity contribution is 0.0601. The molecule has 0 aliphatic rings. The number of rotatable bonds is 4. The first-order valence-corrected chi connectivity index (χ1v) is 7.86. The molecule has 0 fully saturated rings. The van der Waals surface area contributed by atoms with Gasteiger partial charge < -0.3 is 9.72 Å². The highest BCUT2D eigenvalue weighted by Gasteiger charge is 2.23. The van der Waals surface area contributed by atoms with Crippen LogP contribution < -0.4 is 0 Å². The fourth-order valence-electron chi connectivity index (χ4n) is 3.03. The SMILES string of the molecule is COC(=O)c1ccccc1-c1[nH]c(-c2ccncc2)c(C)c1C(C)=O. The van der Waals surface area contributed by atoms with E-state index in [-0.39, 0.29) is 5.78 Å². The lowest BCUT2D eigenvalue weighted by Crippen LogP contribution is -2.05. The van der Waals surface area contributed by atoms with Gasteiger partial charge in [0, 0.05) is 34.8 Å². The summed E-state index contributed by atoms with van der Waals surface area (Å²) < 4.78 is 4.87. The van der Waals surface area contributed by atoms with Crippen LogP contribution in [0.4, 0.5) is 0 Å². The van der Waals surface area contributed by atoms with Crippen molar-refractivity contribution < 1.29 is 14.3 Å². The molecule has 2 aromatic heterocycles. The summed E-state index contributed by atoms with van der Waals surface area (Å²) in [4.78, 5) is 31.8. The summed E-state index contributed by atoms with van der Waals surface area (Å²) in [6.07, 6.45) is 3.40. The summed E-state index contributed by atoms with van der Waals surface area (Å²) in [5, 5.41) is 0. The topological polar surface area (TPSA) is 72.1 Å². The number of methoxy groups -OCH3 is 1. The molecule has 0 saturated carbocycles. The van der Waals surface area contributed by atoms with Crippen LogP contribution in [0, 0.1) is 6.92 Å². The maximum Gasteiger partial charge on any atom is 0.338 e. The van der Waals surface area contributed by atoms with Gasteiger partial charge in [-0.3, -0.25) is 9.78 Å². The van der Waals surface area contributed by atoms with E-state index >= 15 is 0 Å². The normalized spacial score (nSPS) is 10.5. The van der Waals surface area contributed by atoms with E-state index in [1.54, 1.807) is 30.6 Å². The van der Waals surface area contributed by atoms with Crippen LogP contribution in [0.2, 0.25) is 0 Å². The third-order valence-electron chi connectivity index (χ3n) is 4.17. The molecule has 25 heavy (non-hydrogen) atoms. The third-order valence-corrected chi connectivity index (χ3v) is 4.17. The molecule has 0 saturated heterocycles. The van der Waals surface area contributed by atoms with Crippen molar-refractivity contribution in [2.45, 2.75) is 13.8 Å². The third kappa shape index (κ3) is 2.96. The molecule has 0 radical (unpaired) electrons. The van der Waals surface area contributed by atoms with Crippen LogP contribution in [0.1, 0.15) is 33.2 Å². The molecular weight excluding hydrogens is 316 g/mol. The van der Waals surface area contributed by atoms with E-state index < -0.39 is 5.97 Å². The molecule has 3 aromatic rings. The van der Waals surface area contributed by atoms with Gasteiger partial charge in [-0.1, -0.05) is 18.2 Å². The number of H-pyrrole nitrogens is 1. The van der Waals surface area contributed by atoms with Gasteiger partial charge in [-0.15, -0.1) is 0 Å². The second-order valence-corrected chi connectivity index (χ2v) is 5.70. The Hall–Kier alpha value is -3.21. The molecule has 0 aliphatic carbocycles. The number of ether oxygens (including phenoxy) is 1. The van der Waals surface area contributed by atoms with E-state index in [9.17, 15) is 9.59 Å². The number of benzene rings is 1. The number of carbonyl (C=O) groups excluding carboxylic acids is 2. The summed E-state index contributed by atoms with van der Waals surface area (Å²) in [6, 6.07) is 10.8. The van der Waals surface area contributed by atoms with Crippen LogP contribution in [-0.2, 0) is 4.74 Å². The highest BCUT2D eigenvalue weighted by atomic mass is 16.5. The zero-order chi connectivity index (χ0) is 18.0. The number of nitrogens with zero attached hydrogens (tertiary/aromatic N) is 1. The average Bonchev–Trinajstić information content (AvgIpc) is 2.99. The van der Waals surface area contributed by atoms with E-state index in [0.29, 0.717) is 22.4 Å². The zero-order valence-corrected chi connectivity index (χ0v) is 14.3. The highest BCUT2D eigenvalue weighted by molar-refractivity contribution is 6.06. The molecule has 3 rings (SSSR count). The van der Waals surface area contributed by atoms with Crippen LogP contribution in [0.5, 0.6) is 0 Å². The summed E-state index contributed by atoms with van der Waals surface area (Å²) in [5.41, 5.74) is 4.85. The van der Waals surface area contributed by atoms with Crippen molar-refractivity contribution >= 4 is 11.8 Å². The second kappa shape index (κ2) is 6.73. The minimum Gasteiger partial charge on any atom is -0.465 e. The molecule has 0 bridgehead atoms. The molecule has 5 heteroatoms. The smallest absolute Gasteiger partial charge is 0.338 e. The van der Waals surface area contributed by atoms with Gasteiger partial charge in [0.1, 0.15) is 0 Å². The number of carbonyl (C=O) groups is 2. The van der Waals surface area contributed by atoms with Crippen LogP contribution in [0.15, 0.2) is 48.8 Å². The predicted molar refractivity (Wildman–Crippen MR) is 95.5 cm³/mol. The number of pyridine rings is 1. The molecule has 0 atom stereocenters. The van der Waals surface area contributed by atoms with Crippen molar-refractivity contribution in [3.63, 3.8) is 0 Å². The monoisotopic (exact) mass is 334 g/mol. The Bertz CT molecular complexity index is 943. The first-order chi connectivity index (χ1) is 12.0. The molecule has 1 N–H and O–H groups in total. The van der Waals surface area contributed by atoms with E-state index in [2.05, 4.69) is 9.97 Å². The van der Waals surface area contributed by atoms with Gasteiger partial charge in [0.05, 0.1) is 18.4 Å². The molecule has 1 aromatic carbocycles. The molecule has 0 aliphatic heterocycles. The summed E-state index contributed by atoms with van der Waals surface area (Å²) in [6.45, 7) is 3.42. The van der Waals surface area contributed by atoms with Crippen LogP contribution in [-0.4, -0.2) is 28.8 Å². The molecule has 0 unspecified atom stereocenters. The lowest BCUT2D eigenvalue weighted by atomic mass is 9.97. The maximum absolute atomic E-state index is 12.3. The maximum atomic E-state index is 12.3. The Labute approximate surface area is 145 Å². The van der Waals surface area contributed by atoms with Crippen molar-refractivity contribution in [1.29, 1.82) is 0 Å². The van der Waals surface area contributed by atoms with Crippen molar-refractivity contribution in [3.8, 4) is 22.5 Å². The largest absolute Gasteiger partial charge is 0.465 e. The van der Waals surface area contributed by atoms with E-state index in [1.807, 2.05) is 25.1 Å². The summed E-state index contributed by atoms with van der Waals surface area (Å²) >= 11 is 0. The van der Waals surface area contributed by atoms with Crippen molar-refractivity contribution in [1.82, 2.24) is 9.97 Å². The number of nitrogens with one attached hydrogen (secondary N) is 1. The number of ketones is 1. The van der Waals surface area contributed by atoms with Gasteiger partial charge in [-0.25, -0.2) is 4.79 Å². The van der Waals surface area contributed by atoms with E-state index in [1.165, 1.54) is 14.0 Å². The molecule has 0 amide bonds. The predicted octanol–water partition coefficient (Wildman–Crippen LogP) is 4.04. The van der Waals surface area contributed by atoms with Crippen molar-refractivity contribution in [3.05, 3.63) is 65.5 Å². The van der Waals surface area contributed by atoms with Gasteiger partial charge >= 0.3 is 5.97 Å². The minimum atomic E-state index is -0.442. The van der Waals surface area contributed by atoms with Crippen molar-refractivity contribution in [2.24, 2.45) is 0 Å². The van der Waals surface area contributed by atoms with E-state index in [0.717, 1.165) is 16.8 Å². The van der Waals surface area contributed by atoms with E-state index in [4.69, 9.17) is 4.74 Å². The molecule has 2 heterocycles. The zero-order valence-electron chi connectivity index (χ0n) is 14.3. The van der Waals surface area contributed by atoms with Gasteiger partial charge in [-0.05, 0) is 37.6 Å². The first-order valence-electron chi connectivity index (χ1n) is 7.86. The number of hydrogen-bond acceptors (Lipinski definition) is 4. The van der Waals surface area contributed by atoms with Crippen LogP contribution in [0.3, 0.4) is 0 Å².